The Morgan fingerprint density at radius 3 is 2.83 bits per heavy atom. The molecule has 0 bridgehead atoms. The summed E-state index contributed by atoms with van der Waals surface area (Å²) in [5, 5.41) is 11.3. The Hall–Kier alpha value is -2.21. The minimum absolute atomic E-state index is 0.0827. The fourth-order valence-corrected chi connectivity index (χ4v) is 3.60. The Balaban J connectivity index is 1.38. The molecule has 0 aliphatic carbocycles. The number of nitrogens with one attached hydrogen (secondary N) is 2. The highest BCUT2D eigenvalue weighted by atomic mass is 32.1. The highest BCUT2D eigenvalue weighted by Crippen LogP contribution is 2.22. The summed E-state index contributed by atoms with van der Waals surface area (Å²) in [6, 6.07) is 8.18. The summed E-state index contributed by atoms with van der Waals surface area (Å²) in [5.41, 5.74) is 4.27. The molecule has 0 aliphatic heterocycles. The number of aryl methyl sites for hydroxylation is 3. The monoisotopic (exact) mass is 342 g/mol. The number of hydrogen-bond acceptors (Lipinski definition) is 4. The van der Waals surface area contributed by atoms with Gasteiger partial charge in [0, 0.05) is 31.5 Å². The molecule has 126 valence electrons. The number of aromatic amines is 1. The molecule has 1 aromatic carbocycles. The van der Waals surface area contributed by atoms with E-state index in [0.717, 1.165) is 40.3 Å². The standard InChI is InChI=1S/C18H22N4OS/c1-12-13(2)21-22-14(12)9-10-17(23)19-11-5-8-18-20-15-6-3-4-7-16(15)24-18/h3-4,6-7H,5,8-11H2,1-2H3,(H,19,23)(H,21,22). The molecule has 24 heavy (non-hydrogen) atoms. The molecule has 3 aromatic rings. The lowest BCUT2D eigenvalue weighted by Crippen LogP contribution is -2.25. The van der Waals surface area contributed by atoms with Gasteiger partial charge in [0.05, 0.1) is 20.9 Å². The number of para-hydroxylation sites is 1. The van der Waals surface area contributed by atoms with Gasteiger partial charge in [0.2, 0.25) is 5.91 Å². The number of hydrogen-bond donors (Lipinski definition) is 2. The molecular formula is C18H22N4OS. The third-order valence-corrected chi connectivity index (χ3v) is 5.27. The average Bonchev–Trinajstić information content (AvgIpc) is 3.14. The maximum atomic E-state index is 11.9. The number of benzene rings is 1. The van der Waals surface area contributed by atoms with E-state index in [-0.39, 0.29) is 5.91 Å². The molecular weight excluding hydrogens is 320 g/mol. The molecule has 0 aliphatic rings. The van der Waals surface area contributed by atoms with Gasteiger partial charge in [-0.3, -0.25) is 9.89 Å². The molecule has 0 saturated carbocycles. The molecule has 2 aromatic heterocycles. The maximum absolute atomic E-state index is 11.9. The van der Waals surface area contributed by atoms with E-state index in [1.807, 2.05) is 32.0 Å². The van der Waals surface area contributed by atoms with E-state index in [2.05, 4.69) is 26.6 Å². The van der Waals surface area contributed by atoms with Gasteiger partial charge in [-0.1, -0.05) is 12.1 Å². The molecule has 3 rings (SSSR count). The van der Waals surface area contributed by atoms with Gasteiger partial charge >= 0.3 is 0 Å². The van der Waals surface area contributed by atoms with Crippen LogP contribution in [-0.4, -0.2) is 27.6 Å². The summed E-state index contributed by atoms with van der Waals surface area (Å²) >= 11 is 1.73. The summed E-state index contributed by atoms with van der Waals surface area (Å²) in [5.74, 6) is 0.0827. The Labute approximate surface area is 145 Å². The zero-order chi connectivity index (χ0) is 16.9. The Kier molecular flexibility index (Phi) is 5.25. The first-order valence-electron chi connectivity index (χ1n) is 8.25. The van der Waals surface area contributed by atoms with Gasteiger partial charge in [-0.05, 0) is 38.0 Å². The van der Waals surface area contributed by atoms with Gasteiger partial charge in [-0.15, -0.1) is 11.3 Å². The first-order valence-corrected chi connectivity index (χ1v) is 9.06. The van der Waals surface area contributed by atoms with Crippen molar-refractivity contribution in [1.82, 2.24) is 20.5 Å². The molecule has 0 fully saturated rings. The van der Waals surface area contributed by atoms with Crippen LogP contribution >= 0.6 is 11.3 Å². The molecule has 6 heteroatoms. The van der Waals surface area contributed by atoms with Gasteiger partial charge in [0.25, 0.3) is 0 Å². The highest BCUT2D eigenvalue weighted by Gasteiger charge is 2.08. The normalized spacial score (nSPS) is 11.1. The lowest BCUT2D eigenvalue weighted by Gasteiger charge is -2.04. The summed E-state index contributed by atoms with van der Waals surface area (Å²) in [6.07, 6.45) is 2.97. The van der Waals surface area contributed by atoms with Gasteiger partial charge in [-0.25, -0.2) is 4.98 Å². The van der Waals surface area contributed by atoms with Crippen LogP contribution < -0.4 is 5.32 Å². The Morgan fingerprint density at radius 2 is 2.08 bits per heavy atom. The van der Waals surface area contributed by atoms with Crippen molar-refractivity contribution in [3.8, 4) is 0 Å². The number of H-pyrrole nitrogens is 1. The van der Waals surface area contributed by atoms with E-state index in [1.54, 1.807) is 11.3 Å². The first-order chi connectivity index (χ1) is 11.6. The fraction of sp³-hybridized carbons (Fsp3) is 0.389. The Bertz CT molecular complexity index is 804. The molecule has 2 heterocycles. The second-order valence-electron chi connectivity index (χ2n) is 5.95. The van der Waals surface area contributed by atoms with Crippen molar-refractivity contribution < 1.29 is 4.79 Å². The number of amides is 1. The molecule has 2 N–H and O–H groups in total. The molecule has 0 atom stereocenters. The van der Waals surface area contributed by atoms with E-state index in [9.17, 15) is 4.79 Å². The maximum Gasteiger partial charge on any atom is 0.220 e. The fourth-order valence-electron chi connectivity index (χ4n) is 2.59. The number of carbonyl (C=O) groups is 1. The molecule has 0 spiro atoms. The van der Waals surface area contributed by atoms with Crippen molar-refractivity contribution in [3.63, 3.8) is 0 Å². The highest BCUT2D eigenvalue weighted by molar-refractivity contribution is 7.18. The second kappa shape index (κ2) is 7.57. The number of carbonyl (C=O) groups excluding carboxylic acids is 1. The van der Waals surface area contributed by atoms with Gasteiger partial charge in [0.1, 0.15) is 0 Å². The quantitative estimate of drug-likeness (QED) is 0.647. The van der Waals surface area contributed by atoms with Crippen molar-refractivity contribution in [3.05, 3.63) is 46.2 Å². The van der Waals surface area contributed by atoms with Crippen molar-refractivity contribution in [2.75, 3.05) is 6.54 Å². The molecule has 5 nitrogen and oxygen atoms in total. The third-order valence-electron chi connectivity index (χ3n) is 4.17. The van der Waals surface area contributed by atoms with Crippen molar-refractivity contribution in [2.24, 2.45) is 0 Å². The number of aromatic nitrogens is 3. The van der Waals surface area contributed by atoms with E-state index >= 15 is 0 Å². The molecule has 0 saturated heterocycles. The number of thiazole rings is 1. The zero-order valence-electron chi connectivity index (χ0n) is 14.1. The van der Waals surface area contributed by atoms with Crippen molar-refractivity contribution in [1.29, 1.82) is 0 Å². The zero-order valence-corrected chi connectivity index (χ0v) is 14.9. The summed E-state index contributed by atoms with van der Waals surface area (Å²) < 4.78 is 1.22. The smallest absolute Gasteiger partial charge is 0.220 e. The van der Waals surface area contributed by atoms with Crippen LogP contribution in [0.4, 0.5) is 0 Å². The third kappa shape index (κ3) is 4.00. The van der Waals surface area contributed by atoms with E-state index in [4.69, 9.17) is 0 Å². The van der Waals surface area contributed by atoms with Gasteiger partial charge in [-0.2, -0.15) is 5.10 Å². The summed E-state index contributed by atoms with van der Waals surface area (Å²) in [7, 11) is 0. The molecule has 0 radical (unpaired) electrons. The van der Waals surface area contributed by atoms with Gasteiger partial charge < -0.3 is 5.32 Å². The van der Waals surface area contributed by atoms with Crippen LogP contribution in [0.3, 0.4) is 0 Å². The van der Waals surface area contributed by atoms with Crippen LogP contribution in [0, 0.1) is 13.8 Å². The number of fused-ring (bicyclic) bond motifs is 1. The minimum Gasteiger partial charge on any atom is -0.356 e. The Morgan fingerprint density at radius 1 is 1.25 bits per heavy atom. The number of rotatable bonds is 7. The predicted molar refractivity (Wildman–Crippen MR) is 97.3 cm³/mol. The SMILES string of the molecule is Cc1[nH]nc(CCC(=O)NCCCc2nc3ccccc3s2)c1C. The number of nitrogens with zero attached hydrogens (tertiary/aromatic N) is 2. The van der Waals surface area contributed by atoms with E-state index < -0.39 is 0 Å². The minimum atomic E-state index is 0.0827. The van der Waals surface area contributed by atoms with Gasteiger partial charge in [0.15, 0.2) is 0 Å². The van der Waals surface area contributed by atoms with Crippen LogP contribution in [0.5, 0.6) is 0 Å². The van der Waals surface area contributed by atoms with Crippen LogP contribution in [0.15, 0.2) is 24.3 Å². The summed E-state index contributed by atoms with van der Waals surface area (Å²) in [4.78, 5) is 16.5. The summed E-state index contributed by atoms with van der Waals surface area (Å²) in [6.45, 7) is 4.71. The lowest BCUT2D eigenvalue weighted by molar-refractivity contribution is -0.121. The topological polar surface area (TPSA) is 70.7 Å². The van der Waals surface area contributed by atoms with E-state index in [0.29, 0.717) is 19.4 Å². The van der Waals surface area contributed by atoms with Crippen LogP contribution in [0.1, 0.15) is 34.8 Å². The largest absolute Gasteiger partial charge is 0.356 e. The van der Waals surface area contributed by atoms with Crippen molar-refractivity contribution >= 4 is 27.5 Å². The van der Waals surface area contributed by atoms with Crippen LogP contribution in [0.2, 0.25) is 0 Å². The molecule has 1 amide bonds. The van der Waals surface area contributed by atoms with E-state index in [1.165, 1.54) is 4.70 Å². The average molecular weight is 342 g/mol. The van der Waals surface area contributed by atoms with Crippen LogP contribution in [0.25, 0.3) is 10.2 Å². The predicted octanol–water partition coefficient (Wildman–Crippen LogP) is 3.32. The first kappa shape index (κ1) is 16.6. The van der Waals surface area contributed by atoms with Crippen LogP contribution in [-0.2, 0) is 17.6 Å². The lowest BCUT2D eigenvalue weighted by atomic mass is 10.1. The second-order valence-corrected chi connectivity index (χ2v) is 7.06. The molecule has 0 unspecified atom stereocenters. The van der Waals surface area contributed by atoms with Crippen molar-refractivity contribution in [2.45, 2.75) is 39.5 Å².